The van der Waals surface area contributed by atoms with Crippen LogP contribution >= 0.6 is 0 Å². The van der Waals surface area contributed by atoms with Gasteiger partial charge in [0.25, 0.3) is 5.91 Å². The highest BCUT2D eigenvalue weighted by Crippen LogP contribution is 2.20. The van der Waals surface area contributed by atoms with Crippen molar-refractivity contribution in [2.45, 2.75) is 26.7 Å². The second-order valence-electron chi connectivity index (χ2n) is 6.86. The molecule has 0 radical (unpaired) electrons. The van der Waals surface area contributed by atoms with E-state index in [0.29, 0.717) is 34.5 Å². The number of nitrogens with one attached hydrogen (secondary N) is 1. The summed E-state index contributed by atoms with van der Waals surface area (Å²) in [5, 5.41) is 3.14. The molecule has 3 rings (SSSR count). The average molecular weight is 368 g/mol. The summed E-state index contributed by atoms with van der Waals surface area (Å²) >= 11 is 0. The summed E-state index contributed by atoms with van der Waals surface area (Å²) in [7, 11) is 1.34. The van der Waals surface area contributed by atoms with Gasteiger partial charge >= 0.3 is 5.97 Å². The van der Waals surface area contributed by atoms with E-state index in [1.165, 1.54) is 7.11 Å². The largest absolute Gasteiger partial charge is 0.465 e. The number of hydrogen-bond acceptors (Lipinski definition) is 6. The lowest BCUT2D eigenvalue weighted by atomic mass is 9.99. The number of carbonyl (C=O) groups excluding carboxylic acids is 2. The van der Waals surface area contributed by atoms with Gasteiger partial charge in [-0.1, -0.05) is 13.0 Å². The molecule has 0 spiro atoms. The Balaban J connectivity index is 1.79. The first-order chi connectivity index (χ1) is 13.0. The number of hydrogen-bond donors (Lipinski definition) is 1. The lowest BCUT2D eigenvalue weighted by Gasteiger charge is -2.30. The molecule has 1 saturated heterocycles. The van der Waals surface area contributed by atoms with E-state index in [1.54, 1.807) is 31.2 Å². The van der Waals surface area contributed by atoms with Gasteiger partial charge in [-0.25, -0.2) is 14.8 Å². The Morgan fingerprint density at radius 2 is 1.93 bits per heavy atom. The zero-order valence-corrected chi connectivity index (χ0v) is 15.9. The van der Waals surface area contributed by atoms with Crippen molar-refractivity contribution in [2.24, 2.45) is 5.92 Å². The highest BCUT2D eigenvalue weighted by atomic mass is 16.5. The molecule has 0 bridgehead atoms. The summed E-state index contributed by atoms with van der Waals surface area (Å²) in [6.07, 6.45) is 2.03. The molecule has 7 heteroatoms. The molecule has 1 fully saturated rings. The number of benzene rings is 1. The highest BCUT2D eigenvalue weighted by Gasteiger charge is 2.23. The molecule has 2 heterocycles. The normalized spacial score (nSPS) is 14.7. The van der Waals surface area contributed by atoms with Crippen molar-refractivity contribution in [3.63, 3.8) is 0 Å². The summed E-state index contributed by atoms with van der Waals surface area (Å²) in [4.78, 5) is 35.0. The number of rotatable bonds is 4. The molecule has 2 aromatic rings. The molecule has 1 aromatic carbocycles. The molecule has 0 atom stereocenters. The van der Waals surface area contributed by atoms with E-state index >= 15 is 0 Å². The van der Waals surface area contributed by atoms with E-state index < -0.39 is 5.97 Å². The zero-order chi connectivity index (χ0) is 19.4. The number of likely N-dealkylation sites (tertiary alicyclic amines) is 1. The fraction of sp³-hybridized carbons (Fsp3) is 0.400. The van der Waals surface area contributed by atoms with E-state index in [9.17, 15) is 9.59 Å². The lowest BCUT2D eigenvalue weighted by molar-refractivity contribution is 0.0600. The number of piperidine rings is 1. The van der Waals surface area contributed by atoms with Gasteiger partial charge in [-0.2, -0.15) is 0 Å². The first-order valence-corrected chi connectivity index (χ1v) is 9.06. The molecule has 0 unspecified atom stereocenters. The number of esters is 1. The van der Waals surface area contributed by atoms with Crippen LogP contribution in [0.2, 0.25) is 0 Å². The number of nitrogens with zero attached hydrogens (tertiary/aromatic N) is 3. The average Bonchev–Trinajstić information content (AvgIpc) is 2.67. The van der Waals surface area contributed by atoms with Crippen LogP contribution in [0.1, 0.15) is 46.4 Å². The zero-order valence-electron chi connectivity index (χ0n) is 15.9. The maximum absolute atomic E-state index is 12.8. The van der Waals surface area contributed by atoms with Crippen molar-refractivity contribution in [3.8, 4) is 0 Å². The monoisotopic (exact) mass is 368 g/mol. The van der Waals surface area contributed by atoms with E-state index in [1.807, 2.05) is 11.0 Å². The molecule has 1 amide bonds. The molecule has 1 aliphatic heterocycles. The van der Waals surface area contributed by atoms with Gasteiger partial charge in [0, 0.05) is 24.8 Å². The number of amides is 1. The van der Waals surface area contributed by atoms with Crippen molar-refractivity contribution >= 4 is 23.4 Å². The van der Waals surface area contributed by atoms with Crippen LogP contribution in [0.25, 0.3) is 0 Å². The number of methoxy groups -OCH3 is 1. The van der Waals surface area contributed by atoms with E-state index in [-0.39, 0.29) is 5.91 Å². The van der Waals surface area contributed by atoms with E-state index in [2.05, 4.69) is 22.2 Å². The second-order valence-corrected chi connectivity index (χ2v) is 6.86. The van der Waals surface area contributed by atoms with Gasteiger partial charge in [0.05, 0.1) is 12.7 Å². The predicted molar refractivity (Wildman–Crippen MR) is 102 cm³/mol. The van der Waals surface area contributed by atoms with Crippen LogP contribution in [0.3, 0.4) is 0 Å². The van der Waals surface area contributed by atoms with Gasteiger partial charge in [-0.15, -0.1) is 0 Å². The molecule has 142 valence electrons. The number of aromatic nitrogens is 2. The quantitative estimate of drug-likeness (QED) is 0.835. The summed E-state index contributed by atoms with van der Waals surface area (Å²) < 4.78 is 4.74. The van der Waals surface area contributed by atoms with Gasteiger partial charge in [0.15, 0.2) is 0 Å². The van der Waals surface area contributed by atoms with Crippen molar-refractivity contribution in [3.05, 3.63) is 47.4 Å². The molecular formula is C20H24N4O3. The van der Waals surface area contributed by atoms with Crippen molar-refractivity contribution < 1.29 is 14.3 Å². The Hall–Kier alpha value is -2.96. The van der Waals surface area contributed by atoms with Crippen molar-refractivity contribution in [1.29, 1.82) is 0 Å². The van der Waals surface area contributed by atoms with Crippen LogP contribution in [0.4, 0.5) is 11.5 Å². The Morgan fingerprint density at radius 1 is 1.19 bits per heavy atom. The van der Waals surface area contributed by atoms with Crippen LogP contribution in [0, 0.1) is 12.8 Å². The number of aryl methyl sites for hydroxylation is 1. The van der Waals surface area contributed by atoms with Crippen LogP contribution in [0.15, 0.2) is 30.3 Å². The Kier molecular flexibility index (Phi) is 5.69. The van der Waals surface area contributed by atoms with Crippen LogP contribution in [-0.2, 0) is 4.74 Å². The number of anilines is 2. The molecular weight excluding hydrogens is 344 g/mol. The molecule has 7 nitrogen and oxygen atoms in total. The first kappa shape index (κ1) is 18.8. The maximum atomic E-state index is 12.8. The van der Waals surface area contributed by atoms with Crippen LogP contribution < -0.4 is 5.32 Å². The minimum atomic E-state index is -0.410. The van der Waals surface area contributed by atoms with Crippen LogP contribution in [-0.4, -0.2) is 46.9 Å². The third-order valence-electron chi connectivity index (χ3n) is 4.68. The Bertz CT molecular complexity index is 845. The molecule has 0 saturated carbocycles. The minimum Gasteiger partial charge on any atom is -0.465 e. The molecule has 1 aliphatic rings. The third-order valence-corrected chi connectivity index (χ3v) is 4.68. The highest BCUT2D eigenvalue weighted by molar-refractivity contribution is 5.93. The van der Waals surface area contributed by atoms with Crippen molar-refractivity contribution in [1.82, 2.24) is 14.9 Å². The maximum Gasteiger partial charge on any atom is 0.337 e. The minimum absolute atomic E-state index is 0.0706. The predicted octanol–water partition coefficient (Wildman–Crippen LogP) is 3.19. The van der Waals surface area contributed by atoms with E-state index in [4.69, 9.17) is 4.74 Å². The van der Waals surface area contributed by atoms with Gasteiger partial charge in [0.2, 0.25) is 0 Å². The van der Waals surface area contributed by atoms with E-state index in [0.717, 1.165) is 25.9 Å². The summed E-state index contributed by atoms with van der Waals surface area (Å²) in [5.74, 6) is 1.20. The van der Waals surface area contributed by atoms with Crippen LogP contribution in [0.5, 0.6) is 0 Å². The molecule has 27 heavy (non-hydrogen) atoms. The number of ether oxygens (including phenoxy) is 1. The van der Waals surface area contributed by atoms with Gasteiger partial charge < -0.3 is 15.0 Å². The Morgan fingerprint density at radius 3 is 2.63 bits per heavy atom. The summed E-state index contributed by atoms with van der Waals surface area (Å²) in [6, 6.07) is 8.57. The third kappa shape index (κ3) is 4.61. The number of carbonyl (C=O) groups is 2. The lowest BCUT2D eigenvalue weighted by Crippen LogP contribution is -2.38. The SMILES string of the molecule is COC(=O)c1cccc(Nc2cc(C(=O)N3CCC(C)CC3)nc(C)n2)c1. The molecule has 1 aromatic heterocycles. The smallest absolute Gasteiger partial charge is 0.337 e. The molecule has 1 N–H and O–H groups in total. The van der Waals surface area contributed by atoms with Gasteiger partial charge in [-0.3, -0.25) is 4.79 Å². The fourth-order valence-electron chi connectivity index (χ4n) is 3.10. The fourth-order valence-corrected chi connectivity index (χ4v) is 3.10. The topological polar surface area (TPSA) is 84.4 Å². The summed E-state index contributed by atoms with van der Waals surface area (Å²) in [6.45, 7) is 5.48. The first-order valence-electron chi connectivity index (χ1n) is 9.06. The molecule has 0 aliphatic carbocycles. The van der Waals surface area contributed by atoms with Gasteiger partial charge in [-0.05, 0) is 43.9 Å². The van der Waals surface area contributed by atoms with Crippen molar-refractivity contribution in [2.75, 3.05) is 25.5 Å². The second kappa shape index (κ2) is 8.16. The van der Waals surface area contributed by atoms with Gasteiger partial charge in [0.1, 0.15) is 17.3 Å². The summed E-state index contributed by atoms with van der Waals surface area (Å²) in [5.41, 5.74) is 1.50. The standard InChI is InChI=1S/C20H24N4O3/c1-13-7-9-24(10-8-13)19(25)17-12-18(22-14(2)21-17)23-16-6-4-5-15(11-16)20(26)27-3/h4-6,11-13H,7-10H2,1-3H3,(H,21,22,23). The Labute approximate surface area is 158 Å².